The van der Waals surface area contributed by atoms with E-state index in [4.69, 9.17) is 4.74 Å². The Balaban J connectivity index is 1.75. The van der Waals surface area contributed by atoms with E-state index < -0.39 is 0 Å². The van der Waals surface area contributed by atoms with Gasteiger partial charge in [0.15, 0.2) is 0 Å². The Bertz CT molecular complexity index is 677. The van der Waals surface area contributed by atoms with Gasteiger partial charge in [0, 0.05) is 11.7 Å². The molecule has 2 fully saturated rings. The molecule has 1 aromatic carbocycles. The van der Waals surface area contributed by atoms with Gasteiger partial charge < -0.3 is 10.1 Å². The van der Waals surface area contributed by atoms with Crippen LogP contribution in [0.5, 0.6) is 0 Å². The van der Waals surface area contributed by atoms with Crippen molar-refractivity contribution in [3.63, 3.8) is 0 Å². The predicted octanol–water partition coefficient (Wildman–Crippen LogP) is 3.36. The summed E-state index contributed by atoms with van der Waals surface area (Å²) in [4.78, 5) is 27.1. The highest BCUT2D eigenvalue weighted by molar-refractivity contribution is 5.94. The summed E-state index contributed by atoms with van der Waals surface area (Å²) in [6.07, 6.45) is 5.41. The molecule has 5 nitrogen and oxygen atoms in total. The molecule has 1 heterocycles. The Morgan fingerprint density at radius 2 is 1.81 bits per heavy atom. The lowest BCUT2D eigenvalue weighted by molar-refractivity contribution is -0.146. The maximum Gasteiger partial charge on any atom is 0.323 e. The van der Waals surface area contributed by atoms with Crippen LogP contribution in [0.3, 0.4) is 0 Å². The Labute approximate surface area is 156 Å². The number of amides is 1. The van der Waals surface area contributed by atoms with Gasteiger partial charge in [0.25, 0.3) is 0 Å². The molecule has 1 N–H and O–H groups in total. The molecule has 0 radical (unpaired) electrons. The predicted molar refractivity (Wildman–Crippen MR) is 102 cm³/mol. The lowest BCUT2D eigenvalue weighted by atomic mass is 9.85. The number of methoxy groups -OCH3 is 1. The molecular weight excluding hydrogens is 328 g/mol. The molecule has 0 unspecified atom stereocenters. The fourth-order valence-corrected chi connectivity index (χ4v) is 4.87. The van der Waals surface area contributed by atoms with E-state index in [-0.39, 0.29) is 24.5 Å². The third-order valence-corrected chi connectivity index (χ3v) is 5.96. The first-order valence-electron chi connectivity index (χ1n) is 9.62. The number of nitrogens with zero attached hydrogens (tertiary/aromatic N) is 1. The Morgan fingerprint density at radius 3 is 2.46 bits per heavy atom. The summed E-state index contributed by atoms with van der Waals surface area (Å²) in [5, 5.41) is 3.07. The van der Waals surface area contributed by atoms with Crippen LogP contribution in [0.25, 0.3) is 0 Å². The minimum absolute atomic E-state index is 0.0554. The van der Waals surface area contributed by atoms with Crippen molar-refractivity contribution < 1.29 is 14.3 Å². The standard InChI is InChI=1S/C21H30N2O3/c1-13-9-14(2)20(15(3)10-13)22-19(24)12-23-17-8-6-5-7-16(17)11-18(23)21(25)26-4/h9-10,16-18H,5-8,11-12H2,1-4H3,(H,22,24)/t16-,17-,18-/m0/s1. The van der Waals surface area contributed by atoms with Crippen LogP contribution in [0.1, 0.15) is 48.8 Å². The van der Waals surface area contributed by atoms with Crippen LogP contribution < -0.4 is 5.32 Å². The van der Waals surface area contributed by atoms with Crippen molar-refractivity contribution >= 4 is 17.6 Å². The SMILES string of the molecule is COC(=O)[C@@H]1C[C@@H]2CCCC[C@@H]2N1CC(=O)Nc1c(C)cc(C)cc1C. The Kier molecular flexibility index (Phi) is 5.66. The molecule has 1 saturated carbocycles. The van der Waals surface area contributed by atoms with Crippen LogP contribution in [-0.2, 0) is 14.3 Å². The van der Waals surface area contributed by atoms with Gasteiger partial charge in [0.1, 0.15) is 6.04 Å². The zero-order chi connectivity index (χ0) is 18.8. The number of carbonyl (C=O) groups excluding carboxylic acids is 2. The average Bonchev–Trinajstić information content (AvgIpc) is 2.96. The van der Waals surface area contributed by atoms with Crippen LogP contribution >= 0.6 is 0 Å². The third-order valence-electron chi connectivity index (χ3n) is 5.96. The zero-order valence-corrected chi connectivity index (χ0v) is 16.3. The monoisotopic (exact) mass is 358 g/mol. The first kappa shape index (κ1) is 18.9. The van der Waals surface area contributed by atoms with E-state index in [2.05, 4.69) is 29.3 Å². The Morgan fingerprint density at radius 1 is 1.15 bits per heavy atom. The van der Waals surface area contributed by atoms with E-state index in [0.717, 1.165) is 36.1 Å². The molecule has 5 heteroatoms. The second-order valence-electron chi connectivity index (χ2n) is 7.88. The molecule has 1 amide bonds. The molecule has 26 heavy (non-hydrogen) atoms. The van der Waals surface area contributed by atoms with E-state index in [0.29, 0.717) is 12.0 Å². The first-order chi connectivity index (χ1) is 12.4. The van der Waals surface area contributed by atoms with Crippen LogP contribution in [0.4, 0.5) is 5.69 Å². The van der Waals surface area contributed by atoms with Crippen LogP contribution in [0.15, 0.2) is 12.1 Å². The number of hydrogen-bond acceptors (Lipinski definition) is 4. The van der Waals surface area contributed by atoms with E-state index in [1.165, 1.54) is 25.5 Å². The molecule has 0 aromatic heterocycles. The highest BCUT2D eigenvalue weighted by Gasteiger charge is 2.46. The van der Waals surface area contributed by atoms with Gasteiger partial charge in [-0.3, -0.25) is 14.5 Å². The second-order valence-corrected chi connectivity index (χ2v) is 7.88. The number of esters is 1. The summed E-state index contributed by atoms with van der Waals surface area (Å²) >= 11 is 0. The summed E-state index contributed by atoms with van der Waals surface area (Å²) in [5.74, 6) is 0.235. The van der Waals surface area contributed by atoms with Crippen molar-refractivity contribution in [2.75, 3.05) is 19.0 Å². The van der Waals surface area contributed by atoms with Gasteiger partial charge in [-0.1, -0.05) is 30.5 Å². The molecule has 0 bridgehead atoms. The Hall–Kier alpha value is -1.88. The summed E-state index contributed by atoms with van der Waals surface area (Å²) in [7, 11) is 1.43. The number of anilines is 1. The van der Waals surface area contributed by atoms with Crippen LogP contribution in [-0.4, -0.2) is 42.5 Å². The average molecular weight is 358 g/mol. The van der Waals surface area contributed by atoms with Gasteiger partial charge in [-0.15, -0.1) is 0 Å². The molecule has 3 rings (SSSR count). The van der Waals surface area contributed by atoms with Gasteiger partial charge in [-0.25, -0.2) is 0 Å². The van der Waals surface area contributed by atoms with Gasteiger partial charge in [0.05, 0.1) is 13.7 Å². The lowest BCUT2D eigenvalue weighted by Crippen LogP contribution is -2.46. The molecule has 142 valence electrons. The number of likely N-dealkylation sites (tertiary alicyclic amines) is 1. The lowest BCUT2D eigenvalue weighted by Gasteiger charge is -2.32. The van der Waals surface area contributed by atoms with E-state index in [1.54, 1.807) is 0 Å². The minimum atomic E-state index is -0.293. The number of benzene rings is 1. The van der Waals surface area contributed by atoms with E-state index >= 15 is 0 Å². The minimum Gasteiger partial charge on any atom is -0.468 e. The number of carbonyl (C=O) groups is 2. The summed E-state index contributed by atoms with van der Waals surface area (Å²) in [6.45, 7) is 6.33. The molecule has 3 atom stereocenters. The summed E-state index contributed by atoms with van der Waals surface area (Å²) in [5.41, 5.74) is 4.21. The van der Waals surface area contributed by atoms with Gasteiger partial charge in [-0.2, -0.15) is 0 Å². The number of hydrogen-bond donors (Lipinski definition) is 1. The van der Waals surface area contributed by atoms with Gasteiger partial charge in [0.2, 0.25) is 5.91 Å². The van der Waals surface area contributed by atoms with Crippen LogP contribution in [0, 0.1) is 26.7 Å². The molecule has 1 aliphatic heterocycles. The van der Waals surface area contributed by atoms with Crippen molar-refractivity contribution in [1.82, 2.24) is 4.90 Å². The largest absolute Gasteiger partial charge is 0.468 e. The van der Waals surface area contributed by atoms with Gasteiger partial charge >= 0.3 is 5.97 Å². The van der Waals surface area contributed by atoms with E-state index in [9.17, 15) is 9.59 Å². The van der Waals surface area contributed by atoms with Crippen molar-refractivity contribution in [3.8, 4) is 0 Å². The maximum atomic E-state index is 12.8. The normalized spacial score (nSPS) is 25.6. The first-order valence-corrected chi connectivity index (χ1v) is 9.62. The van der Waals surface area contributed by atoms with Gasteiger partial charge in [-0.05, 0) is 57.1 Å². The van der Waals surface area contributed by atoms with Crippen molar-refractivity contribution in [3.05, 3.63) is 28.8 Å². The summed E-state index contributed by atoms with van der Waals surface area (Å²) < 4.78 is 5.01. The number of fused-ring (bicyclic) bond motifs is 1. The summed E-state index contributed by atoms with van der Waals surface area (Å²) in [6, 6.07) is 4.18. The molecule has 2 aliphatic rings. The molecule has 1 aromatic rings. The fourth-order valence-electron chi connectivity index (χ4n) is 4.87. The fraction of sp³-hybridized carbons (Fsp3) is 0.619. The van der Waals surface area contributed by atoms with E-state index in [1.807, 2.05) is 13.8 Å². The molecule has 1 saturated heterocycles. The second kappa shape index (κ2) is 7.78. The highest BCUT2D eigenvalue weighted by atomic mass is 16.5. The molecular formula is C21H30N2O3. The maximum absolute atomic E-state index is 12.8. The van der Waals surface area contributed by atoms with Crippen molar-refractivity contribution in [2.45, 2.75) is 65.0 Å². The quantitative estimate of drug-likeness (QED) is 0.839. The molecule has 1 aliphatic carbocycles. The number of aryl methyl sites for hydroxylation is 3. The zero-order valence-electron chi connectivity index (χ0n) is 16.3. The smallest absolute Gasteiger partial charge is 0.323 e. The third kappa shape index (κ3) is 3.78. The van der Waals surface area contributed by atoms with Crippen molar-refractivity contribution in [2.24, 2.45) is 5.92 Å². The van der Waals surface area contributed by atoms with Crippen LogP contribution in [0.2, 0.25) is 0 Å². The number of rotatable bonds is 4. The number of nitrogens with one attached hydrogen (secondary N) is 1. The topological polar surface area (TPSA) is 58.6 Å². The molecule has 0 spiro atoms. The number of ether oxygens (including phenoxy) is 1. The highest BCUT2D eigenvalue weighted by Crippen LogP contribution is 2.40. The van der Waals surface area contributed by atoms with Crippen molar-refractivity contribution in [1.29, 1.82) is 0 Å².